The molecule has 0 bridgehead atoms. The lowest BCUT2D eigenvalue weighted by Gasteiger charge is -2.07. The first-order valence-corrected chi connectivity index (χ1v) is 9.86. The molecule has 0 unspecified atom stereocenters. The summed E-state index contributed by atoms with van der Waals surface area (Å²) < 4.78 is 5.71. The van der Waals surface area contributed by atoms with Crippen molar-refractivity contribution in [2.75, 3.05) is 6.61 Å². The van der Waals surface area contributed by atoms with Gasteiger partial charge in [0.15, 0.2) is 0 Å². The van der Waals surface area contributed by atoms with Gasteiger partial charge in [0, 0.05) is 0 Å². The summed E-state index contributed by atoms with van der Waals surface area (Å²) in [5.41, 5.74) is 2.56. The molecule has 0 aliphatic heterocycles. The van der Waals surface area contributed by atoms with Crippen LogP contribution in [-0.4, -0.2) is 16.1 Å². The molecule has 1 nitrogen and oxygen atoms in total. The van der Waals surface area contributed by atoms with Crippen LogP contribution in [0.15, 0.2) is 48.5 Å². The van der Waals surface area contributed by atoms with Crippen LogP contribution in [0, 0.1) is 0 Å². The largest absolute Gasteiger partial charge is 0.494 e. The van der Waals surface area contributed by atoms with Gasteiger partial charge in [-0.15, -0.1) is 0 Å². The van der Waals surface area contributed by atoms with Gasteiger partial charge in [-0.3, -0.25) is 0 Å². The Labute approximate surface area is 131 Å². The fourth-order valence-corrected chi connectivity index (χ4v) is 3.65. The SMILES string of the molecule is CCCCOc1ccc(-c2ccc([SiH2]CCC)cc2)cc1. The second kappa shape index (κ2) is 8.68. The van der Waals surface area contributed by atoms with Gasteiger partial charge in [0.05, 0.1) is 16.1 Å². The molecule has 2 rings (SSSR count). The summed E-state index contributed by atoms with van der Waals surface area (Å²) >= 11 is 0. The molecule has 0 aliphatic carbocycles. The van der Waals surface area contributed by atoms with Gasteiger partial charge >= 0.3 is 0 Å². The van der Waals surface area contributed by atoms with E-state index in [2.05, 4.69) is 62.4 Å². The maximum absolute atomic E-state index is 5.71. The van der Waals surface area contributed by atoms with E-state index in [1.54, 1.807) is 5.19 Å². The van der Waals surface area contributed by atoms with E-state index in [1.807, 2.05) is 0 Å². The average molecular weight is 299 g/mol. The molecule has 0 heterocycles. The van der Waals surface area contributed by atoms with Gasteiger partial charge < -0.3 is 4.74 Å². The second-order valence-corrected chi connectivity index (χ2v) is 7.55. The molecule has 112 valence electrons. The van der Waals surface area contributed by atoms with E-state index in [0.29, 0.717) is 0 Å². The predicted octanol–water partition coefficient (Wildman–Crippen LogP) is 4.15. The molecule has 0 aliphatic rings. The van der Waals surface area contributed by atoms with E-state index in [-0.39, 0.29) is 9.52 Å². The zero-order valence-electron chi connectivity index (χ0n) is 13.3. The minimum absolute atomic E-state index is 0.0458. The second-order valence-electron chi connectivity index (χ2n) is 5.53. The maximum atomic E-state index is 5.71. The molecular formula is C19H26OSi. The van der Waals surface area contributed by atoms with Gasteiger partial charge in [-0.1, -0.05) is 74.3 Å². The average Bonchev–Trinajstić information content (AvgIpc) is 2.54. The van der Waals surface area contributed by atoms with Crippen molar-refractivity contribution in [3.8, 4) is 16.9 Å². The Hall–Kier alpha value is -1.54. The number of ether oxygens (including phenoxy) is 1. The zero-order chi connectivity index (χ0) is 14.9. The highest BCUT2D eigenvalue weighted by Gasteiger charge is 2.00. The van der Waals surface area contributed by atoms with Crippen LogP contribution in [0.2, 0.25) is 6.04 Å². The molecule has 0 aromatic heterocycles. The van der Waals surface area contributed by atoms with E-state index in [1.165, 1.54) is 30.0 Å². The van der Waals surface area contributed by atoms with Gasteiger partial charge in [-0.2, -0.15) is 0 Å². The first-order valence-electron chi connectivity index (χ1n) is 8.15. The minimum atomic E-state index is -0.0458. The Kier molecular flexibility index (Phi) is 6.55. The van der Waals surface area contributed by atoms with Crippen LogP contribution in [-0.2, 0) is 0 Å². The van der Waals surface area contributed by atoms with E-state index < -0.39 is 0 Å². The molecule has 0 atom stereocenters. The molecule has 2 aromatic carbocycles. The van der Waals surface area contributed by atoms with Crippen molar-refractivity contribution in [1.82, 2.24) is 0 Å². The highest BCUT2D eigenvalue weighted by atomic mass is 28.2. The highest BCUT2D eigenvalue weighted by Crippen LogP contribution is 2.21. The van der Waals surface area contributed by atoms with E-state index in [9.17, 15) is 0 Å². The minimum Gasteiger partial charge on any atom is -0.494 e. The van der Waals surface area contributed by atoms with Crippen LogP contribution >= 0.6 is 0 Å². The number of benzene rings is 2. The Morgan fingerprint density at radius 3 is 2.00 bits per heavy atom. The molecule has 0 saturated heterocycles. The first kappa shape index (κ1) is 15.8. The van der Waals surface area contributed by atoms with Crippen molar-refractivity contribution in [3.63, 3.8) is 0 Å². The lowest BCUT2D eigenvalue weighted by Crippen LogP contribution is -2.12. The number of hydrogen-bond acceptors (Lipinski definition) is 1. The van der Waals surface area contributed by atoms with Gasteiger partial charge in [0.25, 0.3) is 0 Å². The monoisotopic (exact) mass is 298 g/mol. The van der Waals surface area contributed by atoms with Gasteiger partial charge in [0.2, 0.25) is 0 Å². The van der Waals surface area contributed by atoms with Crippen molar-refractivity contribution in [2.45, 2.75) is 39.2 Å². The standard InChI is InChI=1S/C19H26OSi/c1-3-5-14-20-18-10-6-16(7-11-18)17-8-12-19(13-9-17)21-15-4-2/h6-13H,3-5,14-15,21H2,1-2H3. The van der Waals surface area contributed by atoms with E-state index in [4.69, 9.17) is 4.74 Å². The molecular weight excluding hydrogens is 272 g/mol. The lowest BCUT2D eigenvalue weighted by molar-refractivity contribution is 0.309. The summed E-state index contributed by atoms with van der Waals surface area (Å²) in [5, 5.41) is 1.57. The Balaban J connectivity index is 1.97. The van der Waals surface area contributed by atoms with Crippen LogP contribution in [0.5, 0.6) is 5.75 Å². The number of rotatable bonds is 8. The summed E-state index contributed by atoms with van der Waals surface area (Å²) in [6.07, 6.45) is 3.60. The molecule has 0 fully saturated rings. The predicted molar refractivity (Wildman–Crippen MR) is 95.6 cm³/mol. The molecule has 0 amide bonds. The summed E-state index contributed by atoms with van der Waals surface area (Å²) in [4.78, 5) is 0. The van der Waals surface area contributed by atoms with Crippen LogP contribution < -0.4 is 9.92 Å². The van der Waals surface area contributed by atoms with Gasteiger partial charge in [-0.25, -0.2) is 0 Å². The quantitative estimate of drug-likeness (QED) is 0.525. The summed E-state index contributed by atoms with van der Waals surface area (Å²) in [6, 6.07) is 19.0. The molecule has 0 saturated carbocycles. The molecule has 0 spiro atoms. The van der Waals surface area contributed by atoms with Crippen LogP contribution in [0.25, 0.3) is 11.1 Å². The fourth-order valence-electron chi connectivity index (χ4n) is 2.32. The molecule has 0 N–H and O–H groups in total. The molecule has 0 radical (unpaired) electrons. The van der Waals surface area contributed by atoms with Gasteiger partial charge in [-0.05, 0) is 29.7 Å². The van der Waals surface area contributed by atoms with E-state index in [0.717, 1.165) is 18.8 Å². The van der Waals surface area contributed by atoms with Crippen LogP contribution in [0.3, 0.4) is 0 Å². The third kappa shape index (κ3) is 5.05. The van der Waals surface area contributed by atoms with Crippen molar-refractivity contribution in [1.29, 1.82) is 0 Å². The lowest BCUT2D eigenvalue weighted by atomic mass is 10.1. The van der Waals surface area contributed by atoms with Crippen molar-refractivity contribution >= 4 is 14.7 Å². The summed E-state index contributed by atoms with van der Waals surface area (Å²) in [6.45, 7) is 5.26. The highest BCUT2D eigenvalue weighted by molar-refractivity contribution is 6.53. The zero-order valence-corrected chi connectivity index (χ0v) is 14.7. The van der Waals surface area contributed by atoms with Crippen molar-refractivity contribution < 1.29 is 4.74 Å². The van der Waals surface area contributed by atoms with Crippen molar-refractivity contribution in [3.05, 3.63) is 48.5 Å². The molecule has 2 aromatic rings. The van der Waals surface area contributed by atoms with Crippen LogP contribution in [0.4, 0.5) is 0 Å². The Morgan fingerprint density at radius 2 is 1.43 bits per heavy atom. The normalized spacial score (nSPS) is 11.1. The molecule has 21 heavy (non-hydrogen) atoms. The molecule has 2 heteroatoms. The van der Waals surface area contributed by atoms with Gasteiger partial charge in [0.1, 0.15) is 5.75 Å². The van der Waals surface area contributed by atoms with Crippen LogP contribution in [0.1, 0.15) is 33.1 Å². The fraction of sp³-hybridized carbons (Fsp3) is 0.368. The number of hydrogen-bond donors (Lipinski definition) is 0. The van der Waals surface area contributed by atoms with E-state index >= 15 is 0 Å². The Bertz CT molecular complexity index is 516. The first-order chi connectivity index (χ1) is 10.3. The number of unbranched alkanes of at least 4 members (excludes halogenated alkanes) is 1. The Morgan fingerprint density at radius 1 is 0.810 bits per heavy atom. The summed E-state index contributed by atoms with van der Waals surface area (Å²) in [5.74, 6) is 0.971. The summed E-state index contributed by atoms with van der Waals surface area (Å²) in [7, 11) is -0.0458. The third-order valence-electron chi connectivity index (χ3n) is 3.73. The third-order valence-corrected chi connectivity index (χ3v) is 5.84. The smallest absolute Gasteiger partial charge is 0.119 e. The maximum Gasteiger partial charge on any atom is 0.119 e. The van der Waals surface area contributed by atoms with Crippen molar-refractivity contribution in [2.24, 2.45) is 0 Å². The topological polar surface area (TPSA) is 9.23 Å².